The predicted molar refractivity (Wildman–Crippen MR) is 79.9 cm³/mol. The van der Waals surface area contributed by atoms with Gasteiger partial charge in [0.1, 0.15) is 5.75 Å². The summed E-state index contributed by atoms with van der Waals surface area (Å²) >= 11 is 9.36. The summed E-state index contributed by atoms with van der Waals surface area (Å²) in [6, 6.07) is 12.5. The highest BCUT2D eigenvalue weighted by molar-refractivity contribution is 9.10. The predicted octanol–water partition coefficient (Wildman–Crippen LogP) is 4.88. The number of esters is 1. The lowest BCUT2D eigenvalue weighted by molar-refractivity contribution is 0.0733. The molecule has 2 aromatic carbocycles. The fourth-order valence-corrected chi connectivity index (χ4v) is 2.35. The van der Waals surface area contributed by atoms with Crippen molar-refractivity contribution in [2.24, 2.45) is 0 Å². The fourth-order valence-electron chi connectivity index (χ4n) is 1.63. The van der Waals surface area contributed by atoms with Gasteiger partial charge in [0.25, 0.3) is 0 Å². The zero-order valence-electron chi connectivity index (χ0n) is 10.3. The van der Waals surface area contributed by atoms with Crippen molar-refractivity contribution in [2.75, 3.05) is 0 Å². The van der Waals surface area contributed by atoms with Gasteiger partial charge in [-0.25, -0.2) is 4.79 Å². The maximum atomic E-state index is 12.0. The number of hydrogen-bond acceptors (Lipinski definition) is 2. The Morgan fingerprint density at radius 1 is 1.26 bits per heavy atom. The molecule has 0 aliphatic carbocycles. The van der Waals surface area contributed by atoms with Crippen LogP contribution in [0.15, 0.2) is 46.9 Å². The Morgan fingerprint density at radius 2 is 2.00 bits per heavy atom. The summed E-state index contributed by atoms with van der Waals surface area (Å²) in [5.41, 5.74) is 1.53. The number of rotatable bonds is 3. The molecule has 2 rings (SSSR count). The minimum absolute atomic E-state index is 0.357. The van der Waals surface area contributed by atoms with Gasteiger partial charge in [0, 0.05) is 0 Å². The van der Waals surface area contributed by atoms with Gasteiger partial charge < -0.3 is 4.74 Å². The normalized spacial score (nSPS) is 10.3. The van der Waals surface area contributed by atoms with Crippen molar-refractivity contribution in [3.8, 4) is 5.75 Å². The minimum Gasteiger partial charge on any atom is -0.422 e. The number of aryl methyl sites for hydroxylation is 1. The van der Waals surface area contributed by atoms with Crippen molar-refractivity contribution in [2.45, 2.75) is 13.3 Å². The highest BCUT2D eigenvalue weighted by Gasteiger charge is 2.13. The second kappa shape index (κ2) is 6.22. The van der Waals surface area contributed by atoms with Crippen LogP contribution in [0.4, 0.5) is 0 Å². The molecule has 0 aliphatic heterocycles. The van der Waals surface area contributed by atoms with E-state index in [2.05, 4.69) is 22.9 Å². The Labute approximate surface area is 125 Å². The van der Waals surface area contributed by atoms with Crippen LogP contribution in [0, 0.1) is 0 Å². The first-order valence-corrected chi connectivity index (χ1v) is 7.04. The first-order valence-electron chi connectivity index (χ1n) is 5.87. The van der Waals surface area contributed by atoms with E-state index in [0.717, 1.165) is 10.9 Å². The maximum Gasteiger partial charge on any atom is 0.345 e. The van der Waals surface area contributed by atoms with Crippen molar-refractivity contribution in [1.29, 1.82) is 0 Å². The molecule has 0 heterocycles. The van der Waals surface area contributed by atoms with Crippen LogP contribution in [0.1, 0.15) is 22.8 Å². The van der Waals surface area contributed by atoms with Crippen molar-refractivity contribution < 1.29 is 9.53 Å². The van der Waals surface area contributed by atoms with Crippen LogP contribution in [0.5, 0.6) is 5.75 Å². The topological polar surface area (TPSA) is 26.3 Å². The fraction of sp³-hybridized carbons (Fsp3) is 0.133. The summed E-state index contributed by atoms with van der Waals surface area (Å²) in [7, 11) is 0. The molecular weight excluding hydrogens is 328 g/mol. The number of ether oxygens (including phenoxy) is 1. The molecule has 98 valence electrons. The van der Waals surface area contributed by atoms with Gasteiger partial charge in [0.05, 0.1) is 15.1 Å². The first-order chi connectivity index (χ1) is 9.11. The van der Waals surface area contributed by atoms with E-state index in [4.69, 9.17) is 16.3 Å². The van der Waals surface area contributed by atoms with Crippen molar-refractivity contribution in [1.82, 2.24) is 0 Å². The molecule has 0 N–H and O–H groups in total. The van der Waals surface area contributed by atoms with Gasteiger partial charge in [0.2, 0.25) is 0 Å². The molecule has 2 aromatic rings. The zero-order chi connectivity index (χ0) is 13.8. The average Bonchev–Trinajstić information content (AvgIpc) is 2.41. The summed E-state index contributed by atoms with van der Waals surface area (Å²) in [5, 5.41) is 0.383. The van der Waals surface area contributed by atoms with Crippen LogP contribution < -0.4 is 4.74 Å². The molecule has 0 amide bonds. The van der Waals surface area contributed by atoms with Crippen LogP contribution >= 0.6 is 27.5 Å². The Morgan fingerprint density at radius 3 is 2.63 bits per heavy atom. The molecule has 0 fully saturated rings. The number of carbonyl (C=O) groups is 1. The summed E-state index contributed by atoms with van der Waals surface area (Å²) in [5.74, 6) is 0.0256. The van der Waals surface area contributed by atoms with E-state index in [1.165, 1.54) is 5.56 Å². The number of halogens is 2. The zero-order valence-corrected chi connectivity index (χ0v) is 12.7. The molecule has 0 spiro atoms. The molecule has 0 aliphatic rings. The van der Waals surface area contributed by atoms with Crippen LogP contribution in [-0.2, 0) is 6.42 Å². The van der Waals surface area contributed by atoms with Crippen molar-refractivity contribution >= 4 is 33.5 Å². The summed E-state index contributed by atoms with van der Waals surface area (Å²) in [4.78, 5) is 12.0. The molecule has 0 aromatic heterocycles. The van der Waals surface area contributed by atoms with Gasteiger partial charge in [-0.3, -0.25) is 0 Å². The summed E-state index contributed by atoms with van der Waals surface area (Å²) in [6.45, 7) is 2.07. The highest BCUT2D eigenvalue weighted by atomic mass is 79.9. The van der Waals surface area contributed by atoms with Crippen LogP contribution in [0.25, 0.3) is 0 Å². The van der Waals surface area contributed by atoms with Crippen molar-refractivity contribution in [3.05, 3.63) is 63.1 Å². The van der Waals surface area contributed by atoms with Gasteiger partial charge in [-0.1, -0.05) is 36.7 Å². The van der Waals surface area contributed by atoms with E-state index in [0.29, 0.717) is 16.3 Å². The van der Waals surface area contributed by atoms with Crippen molar-refractivity contribution in [3.63, 3.8) is 0 Å². The molecular formula is C15H12BrClO2. The molecule has 4 heteroatoms. The Hall–Kier alpha value is -1.32. The Bertz CT molecular complexity index is 611. The third-order valence-electron chi connectivity index (χ3n) is 2.70. The van der Waals surface area contributed by atoms with E-state index < -0.39 is 5.97 Å². The molecule has 0 saturated heterocycles. The summed E-state index contributed by atoms with van der Waals surface area (Å²) in [6.07, 6.45) is 0.928. The molecule has 0 unspecified atom stereocenters. The monoisotopic (exact) mass is 338 g/mol. The van der Waals surface area contributed by atoms with Crippen LogP contribution in [-0.4, -0.2) is 5.97 Å². The number of carbonyl (C=O) groups excluding carboxylic acids is 1. The standard InChI is InChI=1S/C15H12BrClO2/c1-2-10-7-8-14(12(16)9-10)19-15(18)11-5-3-4-6-13(11)17/h3-9H,2H2,1H3. The second-order valence-electron chi connectivity index (χ2n) is 3.99. The lowest BCUT2D eigenvalue weighted by atomic mass is 10.2. The molecule has 0 radical (unpaired) electrons. The number of hydrogen-bond donors (Lipinski definition) is 0. The van der Waals surface area contributed by atoms with Gasteiger partial charge in [-0.15, -0.1) is 0 Å². The third-order valence-corrected chi connectivity index (χ3v) is 3.65. The maximum absolute atomic E-state index is 12.0. The number of benzene rings is 2. The lowest BCUT2D eigenvalue weighted by Crippen LogP contribution is -2.09. The first kappa shape index (κ1) is 14.1. The minimum atomic E-state index is -0.462. The SMILES string of the molecule is CCc1ccc(OC(=O)c2ccccc2Cl)c(Br)c1. The van der Waals surface area contributed by atoms with Crippen LogP contribution in [0.2, 0.25) is 5.02 Å². The van der Waals surface area contributed by atoms with E-state index >= 15 is 0 Å². The quantitative estimate of drug-likeness (QED) is 0.588. The summed E-state index contributed by atoms with van der Waals surface area (Å²) < 4.78 is 6.10. The second-order valence-corrected chi connectivity index (χ2v) is 5.25. The molecule has 0 atom stereocenters. The molecule has 2 nitrogen and oxygen atoms in total. The van der Waals surface area contributed by atoms with Gasteiger partial charge >= 0.3 is 5.97 Å². The average molecular weight is 340 g/mol. The van der Waals surface area contributed by atoms with E-state index in [1.54, 1.807) is 30.3 Å². The van der Waals surface area contributed by atoms with E-state index in [1.807, 2.05) is 12.1 Å². The van der Waals surface area contributed by atoms with Gasteiger partial charge in [-0.05, 0) is 52.2 Å². The smallest absolute Gasteiger partial charge is 0.345 e. The highest BCUT2D eigenvalue weighted by Crippen LogP contribution is 2.27. The van der Waals surface area contributed by atoms with E-state index in [9.17, 15) is 4.79 Å². The lowest BCUT2D eigenvalue weighted by Gasteiger charge is -2.08. The van der Waals surface area contributed by atoms with Gasteiger partial charge in [0.15, 0.2) is 0 Å². The Kier molecular flexibility index (Phi) is 4.61. The van der Waals surface area contributed by atoms with Gasteiger partial charge in [-0.2, -0.15) is 0 Å². The largest absolute Gasteiger partial charge is 0.422 e. The van der Waals surface area contributed by atoms with Crippen LogP contribution in [0.3, 0.4) is 0 Å². The molecule has 19 heavy (non-hydrogen) atoms. The van der Waals surface area contributed by atoms with E-state index in [-0.39, 0.29) is 0 Å². The molecule has 0 bridgehead atoms. The Balaban J connectivity index is 2.22. The third kappa shape index (κ3) is 3.37. The molecule has 0 saturated carbocycles.